The Morgan fingerprint density at radius 1 is 1.25 bits per heavy atom. The number of phenolic OH excluding ortho intramolecular Hbond substituents is 1. The average Bonchev–Trinajstić information content (AvgIpc) is 2.61. The van der Waals surface area contributed by atoms with Crippen LogP contribution in [0.1, 0.15) is 31.3 Å². The number of para-hydroxylation sites is 1. The number of benzene rings is 1. The van der Waals surface area contributed by atoms with E-state index in [4.69, 9.17) is 0 Å². The Bertz CT molecular complexity index is 500. The van der Waals surface area contributed by atoms with Gasteiger partial charge in [-0.2, -0.15) is 0 Å². The third-order valence-electron chi connectivity index (χ3n) is 2.59. The van der Waals surface area contributed by atoms with E-state index in [1.54, 1.807) is 6.07 Å². The monoisotopic (exact) mass is 216 g/mol. The van der Waals surface area contributed by atoms with E-state index in [-0.39, 0.29) is 5.75 Å². The van der Waals surface area contributed by atoms with Crippen molar-refractivity contribution in [3.8, 4) is 17.0 Å². The van der Waals surface area contributed by atoms with Crippen molar-refractivity contribution in [1.82, 2.24) is 9.97 Å². The highest BCUT2D eigenvalue weighted by molar-refractivity contribution is 5.69. The molecule has 84 valence electrons. The van der Waals surface area contributed by atoms with Crippen molar-refractivity contribution in [2.75, 3.05) is 0 Å². The Balaban J connectivity index is 2.60. The van der Waals surface area contributed by atoms with Gasteiger partial charge in [-0.1, -0.05) is 26.0 Å². The molecule has 0 aliphatic carbocycles. The summed E-state index contributed by atoms with van der Waals surface area (Å²) in [6.45, 7) is 6.14. The van der Waals surface area contributed by atoms with Gasteiger partial charge in [-0.3, -0.25) is 0 Å². The van der Waals surface area contributed by atoms with Gasteiger partial charge in [0.25, 0.3) is 0 Å². The van der Waals surface area contributed by atoms with E-state index in [2.05, 4.69) is 23.8 Å². The average molecular weight is 216 g/mol. The lowest BCUT2D eigenvalue weighted by Crippen LogP contribution is -1.91. The van der Waals surface area contributed by atoms with Crippen LogP contribution in [0.2, 0.25) is 0 Å². The first kappa shape index (κ1) is 10.7. The highest BCUT2D eigenvalue weighted by Gasteiger charge is 2.15. The number of hydrogen-bond donors (Lipinski definition) is 2. The molecule has 0 spiro atoms. The number of imidazole rings is 1. The van der Waals surface area contributed by atoms with Crippen LogP contribution in [0.5, 0.6) is 5.75 Å². The topological polar surface area (TPSA) is 48.9 Å². The summed E-state index contributed by atoms with van der Waals surface area (Å²) in [6, 6.07) is 7.29. The first-order chi connectivity index (χ1) is 7.59. The first-order valence-electron chi connectivity index (χ1n) is 5.44. The molecule has 1 aromatic heterocycles. The van der Waals surface area contributed by atoms with Crippen molar-refractivity contribution in [2.45, 2.75) is 26.7 Å². The van der Waals surface area contributed by atoms with Gasteiger partial charge in [0, 0.05) is 11.3 Å². The second-order valence-electron chi connectivity index (χ2n) is 4.26. The Morgan fingerprint density at radius 3 is 2.56 bits per heavy atom. The molecule has 0 amide bonds. The number of phenols is 1. The maximum Gasteiger partial charge on any atom is 0.125 e. The summed E-state index contributed by atoms with van der Waals surface area (Å²) in [6.07, 6.45) is 0. The first-order valence-corrected chi connectivity index (χ1v) is 5.44. The van der Waals surface area contributed by atoms with Crippen LogP contribution >= 0.6 is 0 Å². The molecule has 0 unspecified atom stereocenters. The Kier molecular flexibility index (Phi) is 2.69. The Hall–Kier alpha value is -1.77. The number of rotatable bonds is 2. The van der Waals surface area contributed by atoms with Crippen molar-refractivity contribution in [1.29, 1.82) is 0 Å². The minimum absolute atomic E-state index is 0.274. The summed E-state index contributed by atoms with van der Waals surface area (Å²) < 4.78 is 0. The summed E-state index contributed by atoms with van der Waals surface area (Å²) in [5.74, 6) is 1.51. The highest BCUT2D eigenvalue weighted by Crippen LogP contribution is 2.32. The molecule has 0 saturated heterocycles. The number of nitrogens with one attached hydrogen (secondary N) is 1. The summed E-state index contributed by atoms with van der Waals surface area (Å²) in [4.78, 5) is 7.69. The molecule has 0 saturated carbocycles. The van der Waals surface area contributed by atoms with Crippen LogP contribution in [0.25, 0.3) is 11.3 Å². The van der Waals surface area contributed by atoms with E-state index in [9.17, 15) is 5.11 Å². The van der Waals surface area contributed by atoms with Crippen LogP contribution in [0.3, 0.4) is 0 Å². The highest BCUT2D eigenvalue weighted by atomic mass is 16.3. The second kappa shape index (κ2) is 4.00. The van der Waals surface area contributed by atoms with Gasteiger partial charge in [0.15, 0.2) is 0 Å². The molecule has 3 nitrogen and oxygen atoms in total. The summed E-state index contributed by atoms with van der Waals surface area (Å²) in [7, 11) is 0. The van der Waals surface area contributed by atoms with Gasteiger partial charge in [0.1, 0.15) is 11.6 Å². The summed E-state index contributed by atoms with van der Waals surface area (Å²) in [5, 5.41) is 9.83. The molecule has 1 aromatic carbocycles. The molecular formula is C13H16N2O. The molecule has 0 aliphatic rings. The zero-order valence-corrected chi connectivity index (χ0v) is 9.78. The van der Waals surface area contributed by atoms with E-state index in [1.165, 1.54) is 0 Å². The van der Waals surface area contributed by atoms with Crippen molar-refractivity contribution in [3.05, 3.63) is 35.8 Å². The largest absolute Gasteiger partial charge is 0.507 e. The fraction of sp³-hybridized carbons (Fsp3) is 0.308. The minimum atomic E-state index is 0.274. The fourth-order valence-corrected chi connectivity index (χ4v) is 1.81. The van der Waals surface area contributed by atoms with Crippen LogP contribution in [0.15, 0.2) is 24.3 Å². The van der Waals surface area contributed by atoms with E-state index >= 15 is 0 Å². The van der Waals surface area contributed by atoms with Gasteiger partial charge in [-0.05, 0) is 25.0 Å². The van der Waals surface area contributed by atoms with Crippen molar-refractivity contribution < 1.29 is 5.11 Å². The van der Waals surface area contributed by atoms with E-state index < -0.39 is 0 Å². The van der Waals surface area contributed by atoms with Gasteiger partial charge in [0.05, 0.1) is 5.69 Å². The van der Waals surface area contributed by atoms with Gasteiger partial charge < -0.3 is 10.1 Å². The molecular weight excluding hydrogens is 200 g/mol. The van der Waals surface area contributed by atoms with Crippen LogP contribution in [-0.4, -0.2) is 15.1 Å². The number of hydrogen-bond acceptors (Lipinski definition) is 2. The zero-order chi connectivity index (χ0) is 11.7. The van der Waals surface area contributed by atoms with Crippen LogP contribution in [0.4, 0.5) is 0 Å². The van der Waals surface area contributed by atoms with E-state index in [0.717, 1.165) is 22.8 Å². The quantitative estimate of drug-likeness (QED) is 0.809. The number of H-pyrrole nitrogens is 1. The minimum Gasteiger partial charge on any atom is -0.507 e. The van der Waals surface area contributed by atoms with Gasteiger partial charge >= 0.3 is 0 Å². The molecule has 16 heavy (non-hydrogen) atoms. The lowest BCUT2D eigenvalue weighted by Gasteiger charge is -2.07. The molecule has 0 atom stereocenters. The molecule has 0 radical (unpaired) electrons. The third kappa shape index (κ3) is 1.81. The lowest BCUT2D eigenvalue weighted by atomic mass is 10.0. The van der Waals surface area contributed by atoms with Crippen LogP contribution in [-0.2, 0) is 0 Å². The second-order valence-corrected chi connectivity index (χ2v) is 4.26. The molecule has 0 fully saturated rings. The molecule has 2 N–H and O–H groups in total. The Labute approximate surface area is 95.2 Å². The smallest absolute Gasteiger partial charge is 0.125 e. The molecule has 3 heteroatoms. The van der Waals surface area contributed by atoms with E-state index in [1.807, 2.05) is 25.1 Å². The van der Waals surface area contributed by atoms with Gasteiger partial charge in [0.2, 0.25) is 0 Å². The predicted molar refractivity (Wildman–Crippen MR) is 64.5 cm³/mol. The summed E-state index contributed by atoms with van der Waals surface area (Å²) >= 11 is 0. The summed E-state index contributed by atoms with van der Waals surface area (Å²) in [5.41, 5.74) is 2.71. The van der Waals surface area contributed by atoms with E-state index in [0.29, 0.717) is 5.92 Å². The predicted octanol–water partition coefficient (Wildman–Crippen LogP) is 3.21. The lowest BCUT2D eigenvalue weighted by molar-refractivity contribution is 0.477. The number of aromatic hydroxyl groups is 1. The van der Waals surface area contributed by atoms with Gasteiger partial charge in [-0.25, -0.2) is 4.98 Å². The van der Waals surface area contributed by atoms with Crippen molar-refractivity contribution >= 4 is 0 Å². The zero-order valence-electron chi connectivity index (χ0n) is 9.78. The standard InChI is InChI=1S/C13H16N2O/c1-8(2)12-13(15-9(3)14-12)10-6-4-5-7-11(10)16/h4-8,16H,1-3H3,(H,14,15). The van der Waals surface area contributed by atoms with Crippen molar-refractivity contribution in [3.63, 3.8) is 0 Å². The van der Waals surface area contributed by atoms with Crippen molar-refractivity contribution in [2.24, 2.45) is 0 Å². The maximum atomic E-state index is 9.83. The molecule has 2 rings (SSSR count). The normalized spacial score (nSPS) is 11.0. The maximum absolute atomic E-state index is 9.83. The number of aromatic nitrogens is 2. The fourth-order valence-electron chi connectivity index (χ4n) is 1.81. The third-order valence-corrected chi connectivity index (χ3v) is 2.59. The SMILES string of the molecule is Cc1nc(-c2ccccc2O)c(C(C)C)[nH]1. The number of nitrogens with zero attached hydrogens (tertiary/aromatic N) is 1. The molecule has 0 aliphatic heterocycles. The van der Waals surface area contributed by atoms with Crippen LogP contribution < -0.4 is 0 Å². The molecule has 0 bridgehead atoms. The number of aromatic amines is 1. The Morgan fingerprint density at radius 2 is 1.94 bits per heavy atom. The van der Waals surface area contributed by atoms with Crippen LogP contribution in [0, 0.1) is 6.92 Å². The van der Waals surface area contributed by atoms with Gasteiger partial charge in [-0.15, -0.1) is 0 Å². The number of aryl methyl sites for hydroxylation is 1. The molecule has 1 heterocycles. The molecule has 2 aromatic rings.